The summed E-state index contributed by atoms with van der Waals surface area (Å²) in [5.74, 6) is 0.595. The molecule has 0 saturated carbocycles. The molecule has 3 nitrogen and oxygen atoms in total. The maximum Gasteiger partial charge on any atom is 0.222 e. The Morgan fingerprint density at radius 2 is 2.11 bits per heavy atom. The molecule has 0 aliphatic carbocycles. The highest BCUT2D eigenvalue weighted by Crippen LogP contribution is 2.30. The highest BCUT2D eigenvalue weighted by Gasteiger charge is 2.10. The van der Waals surface area contributed by atoms with E-state index in [-0.39, 0.29) is 12.3 Å². The van der Waals surface area contributed by atoms with Crippen LogP contribution in [0.1, 0.15) is 21.7 Å². The number of thioether (sulfide) groups is 1. The molecule has 100 valence electrons. The second-order valence-electron chi connectivity index (χ2n) is 4.35. The minimum atomic E-state index is -0.304. The summed E-state index contributed by atoms with van der Waals surface area (Å²) in [5.41, 5.74) is 8.74. The number of carbonyl (C=O) groups excluding carboxylic acids is 1. The molecule has 0 aliphatic heterocycles. The zero-order valence-corrected chi connectivity index (χ0v) is 12.6. The minimum Gasteiger partial charge on any atom is -0.369 e. The second kappa shape index (κ2) is 6.21. The van der Waals surface area contributed by atoms with Gasteiger partial charge in [0.05, 0.1) is 12.1 Å². The number of primary amides is 1. The summed E-state index contributed by atoms with van der Waals surface area (Å²) in [6.45, 7) is 4.04. The quantitative estimate of drug-likeness (QED) is 0.862. The Labute approximate surface area is 121 Å². The fourth-order valence-electron chi connectivity index (χ4n) is 1.70. The molecule has 0 spiro atoms. The van der Waals surface area contributed by atoms with Gasteiger partial charge < -0.3 is 5.73 Å². The number of thiazole rings is 1. The molecule has 0 unspecified atom stereocenters. The van der Waals surface area contributed by atoms with Crippen molar-refractivity contribution in [3.8, 4) is 0 Å². The zero-order valence-electron chi connectivity index (χ0n) is 11.0. The summed E-state index contributed by atoms with van der Waals surface area (Å²) < 4.78 is 0.997. The van der Waals surface area contributed by atoms with Crippen LogP contribution in [0.3, 0.4) is 0 Å². The van der Waals surface area contributed by atoms with Crippen LogP contribution in [0.5, 0.6) is 0 Å². The lowest BCUT2D eigenvalue weighted by Gasteiger charge is -2.02. The average molecular weight is 292 g/mol. The third-order valence-electron chi connectivity index (χ3n) is 2.82. The van der Waals surface area contributed by atoms with Crippen LogP contribution in [0.15, 0.2) is 28.6 Å². The number of amides is 1. The van der Waals surface area contributed by atoms with Gasteiger partial charge in [-0.2, -0.15) is 0 Å². The van der Waals surface area contributed by atoms with E-state index >= 15 is 0 Å². The Kier molecular flexibility index (Phi) is 4.61. The van der Waals surface area contributed by atoms with E-state index in [2.05, 4.69) is 30.1 Å². The largest absolute Gasteiger partial charge is 0.369 e. The lowest BCUT2D eigenvalue weighted by Crippen LogP contribution is -2.13. The Morgan fingerprint density at radius 3 is 2.79 bits per heavy atom. The van der Waals surface area contributed by atoms with Gasteiger partial charge in [0.1, 0.15) is 0 Å². The van der Waals surface area contributed by atoms with Crippen LogP contribution < -0.4 is 5.73 Å². The number of nitrogens with two attached hydrogens (primary N) is 1. The predicted octanol–water partition coefficient (Wildman–Crippen LogP) is 3.08. The van der Waals surface area contributed by atoms with Gasteiger partial charge in [0, 0.05) is 10.6 Å². The molecule has 1 amide bonds. The molecule has 0 bridgehead atoms. The van der Waals surface area contributed by atoms with E-state index in [1.165, 1.54) is 11.1 Å². The SMILES string of the molecule is Cc1ccccc1CSc1nc(C)c(CC(N)=O)s1. The van der Waals surface area contributed by atoms with Crippen LogP contribution in [0.2, 0.25) is 0 Å². The molecule has 1 heterocycles. The fraction of sp³-hybridized carbons (Fsp3) is 0.286. The lowest BCUT2D eigenvalue weighted by molar-refractivity contribution is -0.117. The average Bonchev–Trinajstić information content (AvgIpc) is 2.68. The van der Waals surface area contributed by atoms with Crippen molar-refractivity contribution in [2.24, 2.45) is 5.73 Å². The van der Waals surface area contributed by atoms with E-state index in [1.54, 1.807) is 23.1 Å². The molecule has 0 saturated heterocycles. The normalized spacial score (nSPS) is 10.6. The van der Waals surface area contributed by atoms with Gasteiger partial charge in [-0.1, -0.05) is 36.0 Å². The summed E-state index contributed by atoms with van der Waals surface area (Å²) >= 11 is 3.27. The van der Waals surface area contributed by atoms with Crippen molar-refractivity contribution in [3.63, 3.8) is 0 Å². The first-order valence-electron chi connectivity index (χ1n) is 5.98. The minimum absolute atomic E-state index is 0.286. The smallest absolute Gasteiger partial charge is 0.222 e. The van der Waals surface area contributed by atoms with E-state index in [0.717, 1.165) is 20.7 Å². The van der Waals surface area contributed by atoms with E-state index in [4.69, 9.17) is 5.73 Å². The zero-order chi connectivity index (χ0) is 13.8. The van der Waals surface area contributed by atoms with Gasteiger partial charge in [0.25, 0.3) is 0 Å². The van der Waals surface area contributed by atoms with Gasteiger partial charge in [-0.3, -0.25) is 4.79 Å². The van der Waals surface area contributed by atoms with Crippen LogP contribution in [0, 0.1) is 13.8 Å². The topological polar surface area (TPSA) is 56.0 Å². The van der Waals surface area contributed by atoms with Crippen LogP contribution in [-0.4, -0.2) is 10.9 Å². The Morgan fingerprint density at radius 1 is 1.37 bits per heavy atom. The van der Waals surface area contributed by atoms with Crippen molar-refractivity contribution in [2.75, 3.05) is 0 Å². The van der Waals surface area contributed by atoms with Gasteiger partial charge in [-0.15, -0.1) is 11.3 Å². The van der Waals surface area contributed by atoms with Crippen LogP contribution in [0.25, 0.3) is 0 Å². The van der Waals surface area contributed by atoms with E-state index in [9.17, 15) is 4.79 Å². The molecule has 1 aromatic heterocycles. The molecule has 2 rings (SSSR count). The number of hydrogen-bond donors (Lipinski definition) is 1. The number of aromatic nitrogens is 1. The van der Waals surface area contributed by atoms with Gasteiger partial charge in [-0.25, -0.2) is 4.98 Å². The fourth-order valence-corrected chi connectivity index (χ4v) is 4.02. The van der Waals surface area contributed by atoms with Crippen molar-refractivity contribution in [3.05, 3.63) is 46.0 Å². The first-order chi connectivity index (χ1) is 9.06. The second-order valence-corrected chi connectivity index (χ2v) is 6.65. The molecular weight excluding hydrogens is 276 g/mol. The van der Waals surface area contributed by atoms with Crippen LogP contribution >= 0.6 is 23.1 Å². The van der Waals surface area contributed by atoms with Crippen molar-refractivity contribution in [1.29, 1.82) is 0 Å². The molecule has 1 aromatic carbocycles. The van der Waals surface area contributed by atoms with E-state index in [1.807, 2.05) is 13.0 Å². The van der Waals surface area contributed by atoms with Crippen molar-refractivity contribution >= 4 is 29.0 Å². The first kappa shape index (κ1) is 14.1. The molecule has 0 radical (unpaired) electrons. The number of carbonyl (C=O) groups is 1. The third-order valence-corrected chi connectivity index (χ3v) is 5.17. The highest BCUT2D eigenvalue weighted by molar-refractivity contribution is 8.00. The van der Waals surface area contributed by atoms with Gasteiger partial charge >= 0.3 is 0 Å². The van der Waals surface area contributed by atoms with Crippen molar-refractivity contribution < 1.29 is 4.79 Å². The van der Waals surface area contributed by atoms with E-state index in [0.29, 0.717) is 0 Å². The van der Waals surface area contributed by atoms with Gasteiger partial charge in [0.15, 0.2) is 4.34 Å². The van der Waals surface area contributed by atoms with E-state index < -0.39 is 0 Å². The molecule has 2 N–H and O–H groups in total. The number of nitrogens with zero attached hydrogens (tertiary/aromatic N) is 1. The number of hydrogen-bond acceptors (Lipinski definition) is 4. The third kappa shape index (κ3) is 3.81. The summed E-state index contributed by atoms with van der Waals surface area (Å²) in [4.78, 5) is 16.4. The summed E-state index contributed by atoms with van der Waals surface area (Å²) in [5, 5.41) is 0. The first-order valence-corrected chi connectivity index (χ1v) is 7.78. The van der Waals surface area contributed by atoms with Crippen molar-refractivity contribution in [1.82, 2.24) is 4.98 Å². The highest BCUT2D eigenvalue weighted by atomic mass is 32.2. The molecule has 5 heteroatoms. The standard InChI is InChI=1S/C14H16N2OS2/c1-9-5-3-4-6-11(9)8-18-14-16-10(2)12(19-14)7-13(15)17/h3-6H,7-8H2,1-2H3,(H2,15,17). The van der Waals surface area contributed by atoms with Gasteiger partial charge in [0.2, 0.25) is 5.91 Å². The monoisotopic (exact) mass is 292 g/mol. The molecule has 0 fully saturated rings. The predicted molar refractivity (Wildman–Crippen MR) is 80.5 cm³/mol. The number of rotatable bonds is 5. The molecule has 19 heavy (non-hydrogen) atoms. The lowest BCUT2D eigenvalue weighted by atomic mass is 10.1. The molecule has 0 aliphatic rings. The Hall–Kier alpha value is -1.33. The molecule has 0 atom stereocenters. The maximum atomic E-state index is 10.9. The van der Waals surface area contributed by atoms with Crippen LogP contribution in [-0.2, 0) is 17.0 Å². The van der Waals surface area contributed by atoms with Crippen molar-refractivity contribution in [2.45, 2.75) is 30.4 Å². The summed E-state index contributed by atoms with van der Waals surface area (Å²) in [7, 11) is 0. The van der Waals surface area contributed by atoms with Crippen LogP contribution in [0.4, 0.5) is 0 Å². The number of benzene rings is 1. The Bertz CT molecular complexity index is 593. The Balaban J connectivity index is 2.04. The molecular formula is C14H16N2OS2. The molecule has 2 aromatic rings. The number of aryl methyl sites for hydroxylation is 2. The summed E-state index contributed by atoms with van der Waals surface area (Å²) in [6.07, 6.45) is 0.286. The van der Waals surface area contributed by atoms with Gasteiger partial charge in [-0.05, 0) is 25.0 Å². The maximum absolute atomic E-state index is 10.9. The summed E-state index contributed by atoms with van der Waals surface area (Å²) in [6, 6.07) is 8.34.